The van der Waals surface area contributed by atoms with E-state index in [9.17, 15) is 4.39 Å². The average Bonchev–Trinajstić information content (AvgIpc) is 3.41. The number of hydrogen-bond donors (Lipinski definition) is 2. The molecule has 140 valence electrons. The highest BCUT2D eigenvalue weighted by Crippen LogP contribution is 2.48. The standard InChI is InChI=1S/C19H22ClFN4.HI/c1-22-18(23-11-8-14-6-7-17(20)24-12-14)25-13-19(9-10-19)15-4-2-3-5-16(15)21;/h2-7,12H,8-11,13H2,1H3,(H2,22,23,25);1H. The van der Waals surface area contributed by atoms with E-state index in [0.29, 0.717) is 11.7 Å². The van der Waals surface area contributed by atoms with E-state index in [-0.39, 0.29) is 35.2 Å². The molecule has 26 heavy (non-hydrogen) atoms. The van der Waals surface area contributed by atoms with Crippen LogP contribution in [0.3, 0.4) is 0 Å². The molecule has 0 radical (unpaired) electrons. The van der Waals surface area contributed by atoms with Crippen molar-refractivity contribution >= 4 is 41.5 Å². The van der Waals surface area contributed by atoms with Crippen molar-refractivity contribution in [3.8, 4) is 0 Å². The lowest BCUT2D eigenvalue weighted by atomic mass is 9.95. The monoisotopic (exact) mass is 488 g/mol. The van der Waals surface area contributed by atoms with E-state index in [1.165, 1.54) is 6.07 Å². The molecule has 4 nitrogen and oxygen atoms in total. The Labute approximate surface area is 175 Å². The Hall–Kier alpha value is -1.41. The molecule has 0 unspecified atom stereocenters. The minimum atomic E-state index is -0.125. The number of guanidine groups is 1. The number of benzene rings is 1. The maximum absolute atomic E-state index is 14.1. The van der Waals surface area contributed by atoms with Gasteiger partial charge in [-0.05, 0) is 42.5 Å². The van der Waals surface area contributed by atoms with Gasteiger partial charge >= 0.3 is 0 Å². The molecule has 3 rings (SSSR count). The Morgan fingerprint density at radius 3 is 2.62 bits per heavy atom. The second kappa shape index (κ2) is 9.50. The first-order valence-corrected chi connectivity index (χ1v) is 8.81. The molecule has 2 N–H and O–H groups in total. The second-order valence-electron chi connectivity index (χ2n) is 6.35. The van der Waals surface area contributed by atoms with E-state index in [0.717, 1.165) is 42.9 Å². The lowest BCUT2D eigenvalue weighted by Gasteiger charge is -2.19. The summed E-state index contributed by atoms with van der Waals surface area (Å²) in [5.41, 5.74) is 1.80. The topological polar surface area (TPSA) is 49.3 Å². The van der Waals surface area contributed by atoms with Gasteiger partial charge in [0.1, 0.15) is 11.0 Å². The van der Waals surface area contributed by atoms with Gasteiger partial charge in [0.2, 0.25) is 0 Å². The quantitative estimate of drug-likeness (QED) is 0.280. The van der Waals surface area contributed by atoms with Gasteiger partial charge in [0.05, 0.1) is 0 Å². The first kappa shape index (κ1) is 20.9. The Kier molecular flexibility index (Phi) is 7.64. The highest BCUT2D eigenvalue weighted by atomic mass is 127. The van der Waals surface area contributed by atoms with Crippen molar-refractivity contribution in [1.29, 1.82) is 0 Å². The summed E-state index contributed by atoms with van der Waals surface area (Å²) < 4.78 is 14.1. The highest BCUT2D eigenvalue weighted by Gasteiger charge is 2.45. The van der Waals surface area contributed by atoms with E-state index < -0.39 is 0 Å². The number of pyridine rings is 1. The van der Waals surface area contributed by atoms with Crippen LogP contribution in [-0.2, 0) is 11.8 Å². The van der Waals surface area contributed by atoms with Crippen molar-refractivity contribution in [2.75, 3.05) is 20.1 Å². The van der Waals surface area contributed by atoms with Gasteiger partial charge in [0.25, 0.3) is 0 Å². The third-order valence-corrected chi connectivity index (χ3v) is 4.83. The molecule has 2 aromatic rings. The molecule has 1 heterocycles. The fourth-order valence-electron chi connectivity index (χ4n) is 2.94. The Bertz CT molecular complexity index is 747. The van der Waals surface area contributed by atoms with Crippen LogP contribution in [0, 0.1) is 5.82 Å². The minimum Gasteiger partial charge on any atom is -0.356 e. The van der Waals surface area contributed by atoms with E-state index in [2.05, 4.69) is 20.6 Å². The number of aromatic nitrogens is 1. The SMILES string of the molecule is CN=C(NCCc1ccc(Cl)nc1)NCC1(c2ccccc2F)CC1.I. The summed E-state index contributed by atoms with van der Waals surface area (Å²) in [4.78, 5) is 8.32. The molecule has 7 heteroatoms. The number of hydrogen-bond acceptors (Lipinski definition) is 2. The van der Waals surface area contributed by atoms with Crippen molar-refractivity contribution in [2.45, 2.75) is 24.7 Å². The fourth-order valence-corrected chi connectivity index (χ4v) is 3.05. The van der Waals surface area contributed by atoms with Gasteiger partial charge in [-0.2, -0.15) is 0 Å². The first-order chi connectivity index (χ1) is 12.1. The van der Waals surface area contributed by atoms with E-state index >= 15 is 0 Å². The third-order valence-electron chi connectivity index (χ3n) is 4.61. The summed E-state index contributed by atoms with van der Waals surface area (Å²) in [6.45, 7) is 1.41. The molecule has 1 aromatic heterocycles. The summed E-state index contributed by atoms with van der Waals surface area (Å²) in [7, 11) is 1.74. The van der Waals surface area contributed by atoms with Crippen molar-refractivity contribution in [1.82, 2.24) is 15.6 Å². The Morgan fingerprint density at radius 2 is 2.00 bits per heavy atom. The normalized spacial score (nSPS) is 15.1. The van der Waals surface area contributed by atoms with Crippen LogP contribution < -0.4 is 10.6 Å². The Morgan fingerprint density at radius 1 is 1.23 bits per heavy atom. The summed E-state index contributed by atoms with van der Waals surface area (Å²) in [5, 5.41) is 7.11. The molecular weight excluding hydrogens is 466 g/mol. The zero-order chi connectivity index (χ0) is 17.7. The largest absolute Gasteiger partial charge is 0.356 e. The molecule has 0 aliphatic heterocycles. The van der Waals surface area contributed by atoms with Crippen LogP contribution in [0.25, 0.3) is 0 Å². The average molecular weight is 489 g/mol. The molecule has 1 fully saturated rings. The molecule has 0 saturated heterocycles. The number of rotatable bonds is 6. The smallest absolute Gasteiger partial charge is 0.191 e. The van der Waals surface area contributed by atoms with Crippen LogP contribution in [0.4, 0.5) is 4.39 Å². The van der Waals surface area contributed by atoms with Crippen LogP contribution in [0.5, 0.6) is 0 Å². The van der Waals surface area contributed by atoms with Crippen LogP contribution in [0.1, 0.15) is 24.0 Å². The lowest BCUT2D eigenvalue weighted by molar-refractivity contribution is 0.559. The maximum Gasteiger partial charge on any atom is 0.191 e. The van der Waals surface area contributed by atoms with Gasteiger partial charge < -0.3 is 10.6 Å². The van der Waals surface area contributed by atoms with Crippen molar-refractivity contribution in [2.24, 2.45) is 4.99 Å². The Balaban J connectivity index is 0.00000243. The molecule has 0 atom stereocenters. The number of nitrogens with zero attached hydrogens (tertiary/aromatic N) is 2. The first-order valence-electron chi connectivity index (χ1n) is 8.43. The zero-order valence-electron chi connectivity index (χ0n) is 14.6. The van der Waals surface area contributed by atoms with Crippen molar-refractivity contribution in [3.63, 3.8) is 0 Å². The molecule has 0 amide bonds. The van der Waals surface area contributed by atoms with Gasteiger partial charge in [-0.1, -0.05) is 35.9 Å². The molecule has 1 aliphatic rings. The van der Waals surface area contributed by atoms with E-state index in [1.807, 2.05) is 18.2 Å². The van der Waals surface area contributed by atoms with Crippen LogP contribution >= 0.6 is 35.6 Å². The van der Waals surface area contributed by atoms with Gasteiger partial charge in [0.15, 0.2) is 5.96 Å². The summed E-state index contributed by atoms with van der Waals surface area (Å²) in [6.07, 6.45) is 4.59. The predicted octanol–water partition coefficient (Wildman–Crippen LogP) is 3.93. The number of aliphatic imine (C=N–C) groups is 1. The van der Waals surface area contributed by atoms with Gasteiger partial charge in [-0.25, -0.2) is 9.37 Å². The maximum atomic E-state index is 14.1. The van der Waals surface area contributed by atoms with Gasteiger partial charge in [-0.3, -0.25) is 4.99 Å². The second-order valence-corrected chi connectivity index (χ2v) is 6.74. The van der Waals surface area contributed by atoms with E-state index in [1.54, 1.807) is 25.4 Å². The molecule has 0 bridgehead atoms. The van der Waals surface area contributed by atoms with Crippen LogP contribution in [-0.4, -0.2) is 31.1 Å². The highest BCUT2D eigenvalue weighted by molar-refractivity contribution is 14.0. The molecular formula is C19H23ClFIN4. The molecule has 0 spiro atoms. The van der Waals surface area contributed by atoms with Crippen LogP contribution in [0.15, 0.2) is 47.6 Å². The van der Waals surface area contributed by atoms with Gasteiger partial charge in [0, 0.05) is 31.7 Å². The molecule has 1 aromatic carbocycles. The fraction of sp³-hybridized carbons (Fsp3) is 0.368. The van der Waals surface area contributed by atoms with Crippen LogP contribution in [0.2, 0.25) is 5.15 Å². The predicted molar refractivity (Wildman–Crippen MR) is 115 cm³/mol. The van der Waals surface area contributed by atoms with Gasteiger partial charge in [-0.15, -0.1) is 24.0 Å². The third kappa shape index (κ3) is 5.30. The van der Waals surface area contributed by atoms with Crippen molar-refractivity contribution in [3.05, 3.63) is 64.7 Å². The van der Waals surface area contributed by atoms with E-state index in [4.69, 9.17) is 11.6 Å². The summed E-state index contributed by atoms with van der Waals surface area (Å²) >= 11 is 5.79. The lowest BCUT2D eigenvalue weighted by Crippen LogP contribution is -2.42. The number of nitrogens with one attached hydrogen (secondary N) is 2. The minimum absolute atomic E-state index is 0. The summed E-state index contributed by atoms with van der Waals surface area (Å²) in [5.74, 6) is 0.601. The molecule has 1 aliphatic carbocycles. The number of halogens is 3. The zero-order valence-corrected chi connectivity index (χ0v) is 17.7. The summed E-state index contributed by atoms with van der Waals surface area (Å²) in [6, 6.07) is 10.8. The molecule has 1 saturated carbocycles. The van der Waals surface area contributed by atoms with Crippen molar-refractivity contribution < 1.29 is 4.39 Å².